The SMILES string of the molecule is N=Nc1nc(C2=C(O)ONN2c2ccc(Cl)cc2)cs1. The molecule has 0 atom stereocenters. The van der Waals surface area contributed by atoms with Gasteiger partial charge in [-0.3, -0.25) is 0 Å². The van der Waals surface area contributed by atoms with Crippen LogP contribution in [0.4, 0.5) is 10.8 Å². The average Bonchev–Trinajstić information content (AvgIpc) is 3.06. The minimum atomic E-state index is -0.304. The molecule has 102 valence electrons. The third kappa shape index (κ3) is 2.20. The summed E-state index contributed by atoms with van der Waals surface area (Å²) in [5, 5.41) is 17.2. The molecule has 2 heterocycles. The van der Waals surface area contributed by atoms with Gasteiger partial charge in [0.15, 0.2) is 5.70 Å². The van der Waals surface area contributed by atoms with Gasteiger partial charge in [0.05, 0.1) is 5.69 Å². The van der Waals surface area contributed by atoms with Gasteiger partial charge >= 0.3 is 5.95 Å². The molecule has 0 bridgehead atoms. The molecule has 20 heavy (non-hydrogen) atoms. The second kappa shape index (κ2) is 5.08. The van der Waals surface area contributed by atoms with E-state index >= 15 is 0 Å². The lowest BCUT2D eigenvalue weighted by atomic mass is 10.2. The third-order valence-electron chi connectivity index (χ3n) is 2.57. The Morgan fingerprint density at radius 3 is 2.80 bits per heavy atom. The normalized spacial score (nSPS) is 14.6. The molecule has 0 saturated carbocycles. The summed E-state index contributed by atoms with van der Waals surface area (Å²) in [6, 6.07) is 6.97. The maximum Gasteiger partial charge on any atom is 0.327 e. The highest BCUT2D eigenvalue weighted by Crippen LogP contribution is 2.33. The number of aliphatic hydroxyl groups excluding tert-OH is 1. The minimum Gasteiger partial charge on any atom is -0.478 e. The highest BCUT2D eigenvalue weighted by molar-refractivity contribution is 7.13. The van der Waals surface area contributed by atoms with E-state index in [2.05, 4.69) is 15.7 Å². The lowest BCUT2D eigenvalue weighted by Gasteiger charge is -2.17. The molecule has 1 aliphatic heterocycles. The zero-order chi connectivity index (χ0) is 14.1. The standard InChI is InChI=1S/C11H8ClN5O2S/c12-6-1-3-7(4-2-6)17-9(10(18)19-16-17)8-5-20-11(14-8)15-13/h1-5,13,16,18H. The fourth-order valence-corrected chi connectivity index (χ4v) is 2.41. The number of hydrogen-bond acceptors (Lipinski definition) is 8. The molecule has 0 aliphatic carbocycles. The van der Waals surface area contributed by atoms with E-state index in [0.29, 0.717) is 27.2 Å². The van der Waals surface area contributed by atoms with Crippen LogP contribution < -0.4 is 10.6 Å². The van der Waals surface area contributed by atoms with Crippen LogP contribution in [0.3, 0.4) is 0 Å². The summed E-state index contributed by atoms with van der Waals surface area (Å²) in [5.41, 5.74) is 11.0. The van der Waals surface area contributed by atoms with E-state index < -0.39 is 0 Å². The maximum absolute atomic E-state index is 9.82. The highest BCUT2D eigenvalue weighted by Gasteiger charge is 2.29. The van der Waals surface area contributed by atoms with Crippen molar-refractivity contribution < 1.29 is 9.94 Å². The first kappa shape index (κ1) is 12.9. The van der Waals surface area contributed by atoms with Crippen LogP contribution in [0.5, 0.6) is 0 Å². The van der Waals surface area contributed by atoms with Crippen LogP contribution in [0.1, 0.15) is 5.69 Å². The first-order valence-electron chi connectivity index (χ1n) is 5.44. The van der Waals surface area contributed by atoms with Gasteiger partial charge in [-0.25, -0.2) is 15.5 Å². The fourth-order valence-electron chi connectivity index (χ4n) is 1.70. The number of nitrogens with zero attached hydrogens (tertiary/aromatic N) is 3. The molecule has 1 aromatic carbocycles. The second-order valence-electron chi connectivity index (χ2n) is 3.79. The number of anilines is 1. The summed E-state index contributed by atoms with van der Waals surface area (Å²) >= 11 is 7.04. The first-order chi connectivity index (χ1) is 9.69. The van der Waals surface area contributed by atoms with Crippen LogP contribution in [-0.2, 0) is 4.84 Å². The Morgan fingerprint density at radius 1 is 1.40 bits per heavy atom. The predicted octanol–water partition coefficient (Wildman–Crippen LogP) is 3.60. The van der Waals surface area contributed by atoms with E-state index in [4.69, 9.17) is 22.0 Å². The van der Waals surface area contributed by atoms with Crippen molar-refractivity contribution in [1.82, 2.24) is 10.6 Å². The number of nitrogens with one attached hydrogen (secondary N) is 2. The quantitative estimate of drug-likeness (QED) is 0.753. The molecule has 0 fully saturated rings. The molecular formula is C11H8ClN5O2S. The van der Waals surface area contributed by atoms with Crippen molar-refractivity contribution in [2.75, 3.05) is 5.01 Å². The fraction of sp³-hybridized carbons (Fsp3) is 0. The molecule has 0 spiro atoms. The number of thiazole rings is 1. The molecule has 0 saturated heterocycles. The van der Waals surface area contributed by atoms with Crippen LogP contribution >= 0.6 is 22.9 Å². The molecule has 7 nitrogen and oxygen atoms in total. The van der Waals surface area contributed by atoms with Gasteiger partial charge in [-0.2, -0.15) is 0 Å². The van der Waals surface area contributed by atoms with E-state index in [1.165, 1.54) is 16.3 Å². The Morgan fingerprint density at radius 2 is 2.15 bits per heavy atom. The average molecular weight is 310 g/mol. The third-order valence-corrected chi connectivity index (χ3v) is 3.56. The Hall–Kier alpha value is -2.16. The van der Waals surface area contributed by atoms with E-state index in [9.17, 15) is 5.11 Å². The number of benzene rings is 1. The molecule has 0 amide bonds. The van der Waals surface area contributed by atoms with Crippen molar-refractivity contribution in [2.24, 2.45) is 5.11 Å². The smallest absolute Gasteiger partial charge is 0.327 e. The van der Waals surface area contributed by atoms with Crippen molar-refractivity contribution in [3.05, 3.63) is 46.3 Å². The van der Waals surface area contributed by atoms with Crippen molar-refractivity contribution in [3.63, 3.8) is 0 Å². The molecule has 0 radical (unpaired) electrons. The Kier molecular flexibility index (Phi) is 3.26. The molecule has 3 rings (SSSR count). The van der Waals surface area contributed by atoms with Gasteiger partial charge in [-0.05, 0) is 24.3 Å². The molecule has 1 aliphatic rings. The summed E-state index contributed by atoms with van der Waals surface area (Å²) in [5.74, 6) is -0.304. The first-order valence-corrected chi connectivity index (χ1v) is 6.69. The van der Waals surface area contributed by atoms with Gasteiger partial charge < -0.3 is 9.94 Å². The minimum absolute atomic E-state index is 0.295. The van der Waals surface area contributed by atoms with Gasteiger partial charge in [0, 0.05) is 10.4 Å². The van der Waals surface area contributed by atoms with E-state index in [0.717, 1.165) is 0 Å². The van der Waals surface area contributed by atoms with Crippen molar-refractivity contribution in [1.29, 1.82) is 5.53 Å². The van der Waals surface area contributed by atoms with Crippen molar-refractivity contribution in [2.45, 2.75) is 0 Å². The number of aliphatic hydroxyl groups is 1. The summed E-state index contributed by atoms with van der Waals surface area (Å²) in [7, 11) is 0. The Balaban J connectivity index is 2.00. The molecular weight excluding hydrogens is 302 g/mol. The van der Waals surface area contributed by atoms with E-state index in [1.54, 1.807) is 29.6 Å². The van der Waals surface area contributed by atoms with Crippen LogP contribution in [0.2, 0.25) is 5.02 Å². The summed E-state index contributed by atoms with van der Waals surface area (Å²) in [4.78, 5) is 9.04. The zero-order valence-corrected chi connectivity index (χ0v) is 11.4. The second-order valence-corrected chi connectivity index (χ2v) is 5.06. The lowest BCUT2D eigenvalue weighted by molar-refractivity contribution is 0.0461. The summed E-state index contributed by atoms with van der Waals surface area (Å²) in [6.07, 6.45) is 0. The molecule has 2 aromatic rings. The highest BCUT2D eigenvalue weighted by atomic mass is 35.5. The number of aromatic nitrogens is 1. The summed E-state index contributed by atoms with van der Waals surface area (Å²) < 4.78 is 0. The van der Waals surface area contributed by atoms with Crippen molar-refractivity contribution in [3.8, 4) is 0 Å². The maximum atomic E-state index is 9.82. The Labute approximate surface area is 122 Å². The van der Waals surface area contributed by atoms with Gasteiger partial charge in [0.1, 0.15) is 5.69 Å². The van der Waals surface area contributed by atoms with Gasteiger partial charge in [-0.15, -0.1) is 16.5 Å². The summed E-state index contributed by atoms with van der Waals surface area (Å²) in [6.45, 7) is 0. The van der Waals surface area contributed by atoms with Crippen LogP contribution in [-0.4, -0.2) is 10.1 Å². The van der Waals surface area contributed by atoms with Gasteiger partial charge in [0.2, 0.25) is 5.13 Å². The van der Waals surface area contributed by atoms with E-state index in [-0.39, 0.29) is 5.95 Å². The van der Waals surface area contributed by atoms with Gasteiger partial charge in [-0.1, -0.05) is 17.2 Å². The molecule has 3 N–H and O–H groups in total. The lowest BCUT2D eigenvalue weighted by Crippen LogP contribution is -2.30. The number of halogens is 1. The van der Waals surface area contributed by atoms with E-state index in [1.807, 2.05) is 0 Å². The number of hydrogen-bond donors (Lipinski definition) is 3. The molecule has 0 unspecified atom stereocenters. The predicted molar refractivity (Wildman–Crippen MR) is 74.6 cm³/mol. The molecule has 1 aromatic heterocycles. The van der Waals surface area contributed by atoms with Crippen LogP contribution in [0.25, 0.3) is 5.70 Å². The van der Waals surface area contributed by atoms with Gasteiger partial charge in [0.25, 0.3) is 0 Å². The topological polar surface area (TPSA) is 93.8 Å². The zero-order valence-electron chi connectivity index (χ0n) is 9.87. The largest absolute Gasteiger partial charge is 0.478 e. The monoisotopic (exact) mass is 309 g/mol. The number of rotatable bonds is 3. The van der Waals surface area contributed by atoms with Crippen molar-refractivity contribution >= 4 is 39.5 Å². The van der Waals surface area contributed by atoms with Crippen LogP contribution in [0.15, 0.2) is 40.7 Å². The molecule has 9 heteroatoms. The number of hydrazine groups is 1. The van der Waals surface area contributed by atoms with Crippen LogP contribution in [0, 0.1) is 5.53 Å². The Bertz CT molecular complexity index is 684.